The largest absolute Gasteiger partial charge is 0.286 e. The van der Waals surface area contributed by atoms with Crippen LogP contribution in [-0.2, 0) is 4.79 Å². The Morgan fingerprint density at radius 2 is 2.20 bits per heavy atom. The van der Waals surface area contributed by atoms with Gasteiger partial charge in [0.25, 0.3) is 5.91 Å². The lowest BCUT2D eigenvalue weighted by molar-refractivity contribution is -0.132. The number of hydrogen-bond donors (Lipinski definition) is 0. The van der Waals surface area contributed by atoms with Crippen LogP contribution >= 0.6 is 11.6 Å². The molecule has 0 spiro atoms. The lowest BCUT2D eigenvalue weighted by atomic mass is 10.0. The van der Waals surface area contributed by atoms with E-state index in [2.05, 4.69) is 10.1 Å². The summed E-state index contributed by atoms with van der Waals surface area (Å²) in [5, 5.41) is 6.16. The Balaban J connectivity index is 2.39. The molecule has 15 heavy (non-hydrogen) atoms. The van der Waals surface area contributed by atoms with E-state index in [1.54, 1.807) is 12.1 Å². The van der Waals surface area contributed by atoms with Crippen molar-refractivity contribution in [2.24, 2.45) is 10.1 Å². The number of hydrazone groups is 1. The average Bonchev–Trinajstić information content (AvgIpc) is 2.42. The first-order chi connectivity index (χ1) is 7.06. The molecule has 0 aliphatic carbocycles. The van der Waals surface area contributed by atoms with Gasteiger partial charge in [0.1, 0.15) is 6.04 Å². The molecule has 0 N–H and O–H groups in total. The molecule has 0 aromatic rings. The van der Waals surface area contributed by atoms with Crippen LogP contribution in [0.15, 0.2) is 10.1 Å². The number of likely N-dealkylation sites (N-methyl/N-ethyl adjacent to an activating group) is 2. The van der Waals surface area contributed by atoms with E-state index >= 15 is 0 Å². The van der Waals surface area contributed by atoms with Gasteiger partial charge in [-0.2, -0.15) is 5.10 Å². The Bertz CT molecular complexity index is 365. The summed E-state index contributed by atoms with van der Waals surface area (Å²) in [6.45, 7) is 4.28. The normalized spacial score (nSPS) is 30.3. The van der Waals surface area contributed by atoms with Crippen LogP contribution in [-0.4, -0.2) is 52.5 Å². The third-order valence-corrected chi connectivity index (χ3v) is 3.05. The summed E-state index contributed by atoms with van der Waals surface area (Å²) in [7, 11) is 1.79. The maximum atomic E-state index is 12.1. The van der Waals surface area contributed by atoms with E-state index in [1.165, 1.54) is 4.90 Å². The zero-order valence-electron chi connectivity index (χ0n) is 8.94. The van der Waals surface area contributed by atoms with Gasteiger partial charge in [-0.3, -0.25) is 14.7 Å². The summed E-state index contributed by atoms with van der Waals surface area (Å²) >= 11 is 5.94. The van der Waals surface area contributed by atoms with Gasteiger partial charge in [-0.05, 0) is 25.4 Å². The summed E-state index contributed by atoms with van der Waals surface area (Å²) in [4.78, 5) is 17.8. The second kappa shape index (κ2) is 3.48. The Labute approximate surface area is 93.4 Å². The third-order valence-electron chi connectivity index (χ3n) is 2.75. The van der Waals surface area contributed by atoms with Crippen LogP contribution in [0.1, 0.15) is 13.8 Å². The van der Waals surface area contributed by atoms with Crippen LogP contribution < -0.4 is 0 Å². The number of hydrogen-bond acceptors (Lipinski definition) is 4. The minimum atomic E-state index is -0.313. The molecule has 0 fully saturated rings. The van der Waals surface area contributed by atoms with Crippen LogP contribution in [0.3, 0.4) is 0 Å². The molecule has 0 saturated carbocycles. The molecule has 5 nitrogen and oxygen atoms in total. The van der Waals surface area contributed by atoms with Gasteiger partial charge >= 0.3 is 0 Å². The highest BCUT2D eigenvalue weighted by Crippen LogP contribution is 2.24. The summed E-state index contributed by atoms with van der Waals surface area (Å²) in [6, 6.07) is -0.523. The number of nitrogens with zero attached hydrogens (tertiary/aromatic N) is 4. The van der Waals surface area contributed by atoms with Gasteiger partial charge in [0.05, 0.1) is 5.71 Å². The van der Waals surface area contributed by atoms with E-state index in [0.717, 1.165) is 5.71 Å². The SMILES string of the molecule is CCN1C(=O)C2C(N=C1Cl)C(C)=NN2C. The van der Waals surface area contributed by atoms with Gasteiger partial charge < -0.3 is 0 Å². The average molecular weight is 229 g/mol. The van der Waals surface area contributed by atoms with Crippen molar-refractivity contribution in [3.8, 4) is 0 Å². The summed E-state index contributed by atoms with van der Waals surface area (Å²) in [6.07, 6.45) is 0. The maximum Gasteiger partial charge on any atom is 0.255 e. The van der Waals surface area contributed by atoms with Gasteiger partial charge in [-0.1, -0.05) is 0 Å². The summed E-state index contributed by atoms with van der Waals surface area (Å²) in [5.74, 6) is -0.0226. The predicted molar refractivity (Wildman–Crippen MR) is 59.1 cm³/mol. The van der Waals surface area contributed by atoms with Crippen molar-refractivity contribution in [2.45, 2.75) is 25.9 Å². The second-order valence-electron chi connectivity index (χ2n) is 3.69. The fourth-order valence-corrected chi connectivity index (χ4v) is 2.29. The minimum Gasteiger partial charge on any atom is -0.286 e. The van der Waals surface area contributed by atoms with Gasteiger partial charge in [0.2, 0.25) is 5.29 Å². The van der Waals surface area contributed by atoms with Crippen LogP contribution in [0.25, 0.3) is 0 Å². The zero-order valence-corrected chi connectivity index (χ0v) is 9.69. The van der Waals surface area contributed by atoms with Crippen LogP contribution in [0.5, 0.6) is 0 Å². The molecule has 2 rings (SSSR count). The first-order valence-electron chi connectivity index (χ1n) is 4.89. The Morgan fingerprint density at radius 1 is 1.53 bits per heavy atom. The quantitative estimate of drug-likeness (QED) is 0.614. The number of aliphatic imine (C=N–C) groups is 1. The number of amidine groups is 1. The highest BCUT2D eigenvalue weighted by atomic mass is 35.5. The molecule has 2 aliphatic rings. The number of fused-ring (bicyclic) bond motifs is 1. The van der Waals surface area contributed by atoms with E-state index in [4.69, 9.17) is 11.6 Å². The Kier molecular flexibility index (Phi) is 2.42. The van der Waals surface area contributed by atoms with E-state index in [-0.39, 0.29) is 23.3 Å². The molecule has 0 radical (unpaired) electrons. The van der Waals surface area contributed by atoms with E-state index in [9.17, 15) is 4.79 Å². The second-order valence-corrected chi connectivity index (χ2v) is 4.02. The standard InChI is InChI=1S/C9H13ClN4O/c1-4-14-8(15)7-6(11-9(14)10)5(2)12-13(7)3/h6-7H,4H2,1-3H3. The van der Waals surface area contributed by atoms with Crippen LogP contribution in [0.4, 0.5) is 0 Å². The van der Waals surface area contributed by atoms with E-state index in [1.807, 2.05) is 13.8 Å². The predicted octanol–water partition coefficient (Wildman–Crippen LogP) is 0.502. The summed E-state index contributed by atoms with van der Waals surface area (Å²) < 4.78 is 0. The lowest BCUT2D eigenvalue weighted by Gasteiger charge is -2.32. The van der Waals surface area contributed by atoms with Crippen molar-refractivity contribution in [1.82, 2.24) is 9.91 Å². The molecule has 1 amide bonds. The maximum absolute atomic E-state index is 12.1. The van der Waals surface area contributed by atoms with Crippen LogP contribution in [0, 0.1) is 0 Å². The highest BCUT2D eigenvalue weighted by Gasteiger charge is 2.44. The van der Waals surface area contributed by atoms with Crippen molar-refractivity contribution >= 4 is 28.5 Å². The fraction of sp³-hybridized carbons (Fsp3) is 0.667. The Hall–Kier alpha value is -1.10. The molecule has 2 heterocycles. The molecule has 2 atom stereocenters. The first-order valence-corrected chi connectivity index (χ1v) is 5.26. The smallest absolute Gasteiger partial charge is 0.255 e. The van der Waals surface area contributed by atoms with Crippen LogP contribution in [0.2, 0.25) is 0 Å². The first kappa shape index (κ1) is 10.4. The molecule has 2 unspecified atom stereocenters. The van der Waals surface area contributed by atoms with Gasteiger partial charge in [0, 0.05) is 13.6 Å². The molecular formula is C9H13ClN4O. The van der Waals surface area contributed by atoms with Crippen molar-refractivity contribution < 1.29 is 4.79 Å². The molecule has 0 saturated heterocycles. The lowest BCUT2D eigenvalue weighted by Crippen LogP contribution is -2.54. The van der Waals surface area contributed by atoms with E-state index < -0.39 is 0 Å². The number of carbonyl (C=O) groups is 1. The number of rotatable bonds is 1. The minimum absolute atomic E-state index is 0.0226. The number of halogens is 1. The number of amides is 1. The fourth-order valence-electron chi connectivity index (χ4n) is 1.98. The van der Waals surface area contributed by atoms with Crippen molar-refractivity contribution in [3.05, 3.63) is 0 Å². The van der Waals surface area contributed by atoms with Gasteiger partial charge in [-0.25, -0.2) is 4.99 Å². The molecule has 6 heteroatoms. The molecular weight excluding hydrogens is 216 g/mol. The van der Waals surface area contributed by atoms with Gasteiger partial charge in [-0.15, -0.1) is 0 Å². The van der Waals surface area contributed by atoms with Crippen molar-refractivity contribution in [3.63, 3.8) is 0 Å². The number of carbonyl (C=O) groups excluding carboxylic acids is 1. The molecule has 2 aliphatic heterocycles. The summed E-state index contributed by atoms with van der Waals surface area (Å²) in [5.41, 5.74) is 0.838. The monoisotopic (exact) mass is 228 g/mol. The molecule has 0 aromatic carbocycles. The highest BCUT2D eigenvalue weighted by molar-refractivity contribution is 6.66. The zero-order chi connectivity index (χ0) is 11.2. The molecule has 82 valence electrons. The van der Waals surface area contributed by atoms with E-state index in [0.29, 0.717) is 6.54 Å². The third kappa shape index (κ3) is 1.42. The van der Waals surface area contributed by atoms with Crippen molar-refractivity contribution in [2.75, 3.05) is 13.6 Å². The Morgan fingerprint density at radius 3 is 2.80 bits per heavy atom. The topological polar surface area (TPSA) is 48.3 Å². The molecule has 0 aromatic heterocycles. The van der Waals surface area contributed by atoms with Gasteiger partial charge in [0.15, 0.2) is 6.04 Å². The molecule has 0 bridgehead atoms. The van der Waals surface area contributed by atoms with Crippen molar-refractivity contribution in [1.29, 1.82) is 0 Å².